The SMILES string of the molecule is C1=C(c2cc3c(-c4nc5c(-c6cccnc6)cncc5[nH]4)n[nH]c3cn2)CCNC1. The van der Waals surface area contributed by atoms with Gasteiger partial charge in [0, 0.05) is 41.6 Å². The molecule has 0 amide bonds. The molecule has 1 aliphatic rings. The molecular weight excluding hydrogens is 376 g/mol. The third kappa shape index (κ3) is 2.77. The minimum atomic E-state index is 0.700. The van der Waals surface area contributed by atoms with Gasteiger partial charge in [0.25, 0.3) is 0 Å². The van der Waals surface area contributed by atoms with Gasteiger partial charge in [0.15, 0.2) is 5.82 Å². The zero-order valence-electron chi connectivity index (χ0n) is 16.1. The van der Waals surface area contributed by atoms with E-state index in [-0.39, 0.29) is 0 Å². The second-order valence-electron chi connectivity index (χ2n) is 7.28. The van der Waals surface area contributed by atoms with Gasteiger partial charge in [0.05, 0.1) is 29.1 Å². The van der Waals surface area contributed by atoms with Gasteiger partial charge in [-0.05, 0) is 30.7 Å². The minimum Gasteiger partial charge on any atom is -0.335 e. The minimum absolute atomic E-state index is 0.700. The lowest BCUT2D eigenvalue weighted by atomic mass is 10.0. The average Bonchev–Trinajstić information content (AvgIpc) is 3.43. The van der Waals surface area contributed by atoms with Crippen LogP contribution in [0, 0.1) is 0 Å². The van der Waals surface area contributed by atoms with Crippen LogP contribution in [-0.4, -0.2) is 48.2 Å². The molecule has 8 heteroatoms. The molecule has 8 nitrogen and oxygen atoms in total. The van der Waals surface area contributed by atoms with E-state index in [1.165, 1.54) is 5.57 Å². The Morgan fingerprint density at radius 1 is 1.00 bits per heavy atom. The first-order chi connectivity index (χ1) is 14.9. The molecular formula is C22H18N8. The first-order valence-electron chi connectivity index (χ1n) is 9.85. The topological polar surface area (TPSA) is 108 Å². The Morgan fingerprint density at radius 2 is 2.00 bits per heavy atom. The third-order valence-electron chi connectivity index (χ3n) is 5.43. The van der Waals surface area contributed by atoms with Crippen molar-refractivity contribution >= 4 is 27.5 Å². The van der Waals surface area contributed by atoms with E-state index < -0.39 is 0 Å². The Balaban J connectivity index is 1.50. The molecule has 0 bridgehead atoms. The first-order valence-corrected chi connectivity index (χ1v) is 9.85. The van der Waals surface area contributed by atoms with Crippen LogP contribution < -0.4 is 5.32 Å². The molecule has 0 atom stereocenters. The van der Waals surface area contributed by atoms with E-state index in [0.717, 1.165) is 64.0 Å². The molecule has 6 heterocycles. The molecule has 0 aliphatic carbocycles. The highest BCUT2D eigenvalue weighted by molar-refractivity contribution is 5.97. The van der Waals surface area contributed by atoms with Gasteiger partial charge >= 0.3 is 0 Å². The summed E-state index contributed by atoms with van der Waals surface area (Å²) < 4.78 is 0. The summed E-state index contributed by atoms with van der Waals surface area (Å²) >= 11 is 0. The second kappa shape index (κ2) is 6.85. The predicted octanol–water partition coefficient (Wildman–Crippen LogP) is 3.33. The highest BCUT2D eigenvalue weighted by Gasteiger charge is 2.17. The van der Waals surface area contributed by atoms with Crippen LogP contribution in [0.3, 0.4) is 0 Å². The zero-order chi connectivity index (χ0) is 19.9. The number of pyridine rings is 3. The molecule has 0 spiro atoms. The van der Waals surface area contributed by atoms with E-state index >= 15 is 0 Å². The Bertz CT molecular complexity index is 1400. The van der Waals surface area contributed by atoms with E-state index in [1.807, 2.05) is 30.7 Å². The Labute approximate surface area is 171 Å². The first kappa shape index (κ1) is 17.0. The number of aromatic nitrogens is 7. The fourth-order valence-corrected chi connectivity index (χ4v) is 3.91. The Kier molecular flexibility index (Phi) is 3.88. The number of nitrogens with zero attached hydrogens (tertiary/aromatic N) is 5. The average molecular weight is 394 g/mol. The second-order valence-corrected chi connectivity index (χ2v) is 7.28. The largest absolute Gasteiger partial charge is 0.335 e. The smallest absolute Gasteiger partial charge is 0.159 e. The highest BCUT2D eigenvalue weighted by atomic mass is 15.1. The normalized spacial score (nSPS) is 14.3. The molecule has 0 radical (unpaired) electrons. The van der Waals surface area contributed by atoms with E-state index in [9.17, 15) is 0 Å². The van der Waals surface area contributed by atoms with Crippen LogP contribution in [0.4, 0.5) is 0 Å². The lowest BCUT2D eigenvalue weighted by molar-refractivity contribution is 0.737. The third-order valence-corrected chi connectivity index (χ3v) is 5.43. The van der Waals surface area contributed by atoms with Crippen LogP contribution in [0.2, 0.25) is 0 Å². The lowest BCUT2D eigenvalue weighted by Gasteiger charge is -2.13. The zero-order valence-corrected chi connectivity index (χ0v) is 16.1. The molecule has 6 rings (SSSR count). The fourth-order valence-electron chi connectivity index (χ4n) is 3.91. The maximum absolute atomic E-state index is 4.87. The summed E-state index contributed by atoms with van der Waals surface area (Å²) in [5.41, 5.74) is 7.52. The molecule has 0 fully saturated rings. The number of nitrogens with one attached hydrogen (secondary N) is 3. The number of hydrogen-bond donors (Lipinski definition) is 3. The highest BCUT2D eigenvalue weighted by Crippen LogP contribution is 2.31. The van der Waals surface area contributed by atoms with E-state index in [2.05, 4.69) is 47.6 Å². The van der Waals surface area contributed by atoms with Crippen LogP contribution in [0.15, 0.2) is 55.3 Å². The van der Waals surface area contributed by atoms with Crippen LogP contribution in [0.25, 0.3) is 50.2 Å². The van der Waals surface area contributed by atoms with E-state index in [0.29, 0.717) is 5.82 Å². The van der Waals surface area contributed by atoms with Crippen LogP contribution in [-0.2, 0) is 0 Å². The summed E-state index contributed by atoms with van der Waals surface area (Å²) in [6.45, 7) is 1.85. The van der Waals surface area contributed by atoms with Gasteiger partial charge in [0.1, 0.15) is 11.2 Å². The molecule has 5 aromatic heterocycles. The Morgan fingerprint density at radius 3 is 2.87 bits per heavy atom. The monoisotopic (exact) mass is 394 g/mol. The van der Waals surface area contributed by atoms with Crippen molar-refractivity contribution in [3.05, 3.63) is 61.0 Å². The summed E-state index contributed by atoms with van der Waals surface area (Å²) in [5.74, 6) is 0.700. The molecule has 0 saturated heterocycles. The maximum Gasteiger partial charge on any atom is 0.159 e. The number of fused-ring (bicyclic) bond motifs is 2. The number of rotatable bonds is 3. The van der Waals surface area contributed by atoms with Crippen molar-refractivity contribution in [1.29, 1.82) is 0 Å². The molecule has 3 N–H and O–H groups in total. The van der Waals surface area contributed by atoms with Crippen molar-refractivity contribution in [3.8, 4) is 22.6 Å². The van der Waals surface area contributed by atoms with Crippen molar-refractivity contribution in [2.24, 2.45) is 0 Å². The van der Waals surface area contributed by atoms with Crippen LogP contribution in [0.5, 0.6) is 0 Å². The van der Waals surface area contributed by atoms with Gasteiger partial charge in [-0.3, -0.25) is 20.1 Å². The number of H-pyrrole nitrogens is 2. The van der Waals surface area contributed by atoms with Gasteiger partial charge in [-0.2, -0.15) is 5.10 Å². The van der Waals surface area contributed by atoms with Gasteiger partial charge < -0.3 is 10.3 Å². The summed E-state index contributed by atoms with van der Waals surface area (Å²) in [4.78, 5) is 21.5. The number of imidazole rings is 1. The summed E-state index contributed by atoms with van der Waals surface area (Å²) in [6.07, 6.45) is 12.2. The van der Waals surface area contributed by atoms with Crippen molar-refractivity contribution in [3.63, 3.8) is 0 Å². The maximum atomic E-state index is 4.87. The van der Waals surface area contributed by atoms with Crippen molar-refractivity contribution in [2.75, 3.05) is 13.1 Å². The fraction of sp³-hybridized carbons (Fsp3) is 0.136. The standard InChI is InChI=1S/C22H18N8/c1-2-14(9-24-5-1)16-10-25-11-19-20(16)28-22(27-19)21-15-8-17(13-3-6-23-7-4-13)26-12-18(15)29-30-21/h1-3,5,8-12,23H,4,6-7H2,(H,27,28)(H,29,30). The summed E-state index contributed by atoms with van der Waals surface area (Å²) in [5, 5.41) is 11.9. The van der Waals surface area contributed by atoms with Gasteiger partial charge in [-0.25, -0.2) is 4.98 Å². The molecule has 0 aromatic carbocycles. The van der Waals surface area contributed by atoms with Crippen molar-refractivity contribution in [2.45, 2.75) is 6.42 Å². The molecule has 5 aromatic rings. The van der Waals surface area contributed by atoms with Crippen molar-refractivity contribution < 1.29 is 0 Å². The summed E-state index contributed by atoms with van der Waals surface area (Å²) in [7, 11) is 0. The Hall–Kier alpha value is -3.91. The van der Waals surface area contributed by atoms with Gasteiger partial charge in [0.2, 0.25) is 0 Å². The number of hydrogen-bond acceptors (Lipinski definition) is 6. The van der Waals surface area contributed by atoms with Gasteiger partial charge in [-0.15, -0.1) is 0 Å². The molecule has 0 saturated carbocycles. The van der Waals surface area contributed by atoms with E-state index in [4.69, 9.17) is 4.98 Å². The molecule has 146 valence electrons. The molecule has 1 aliphatic heterocycles. The van der Waals surface area contributed by atoms with Gasteiger partial charge in [-0.1, -0.05) is 12.1 Å². The lowest BCUT2D eigenvalue weighted by Crippen LogP contribution is -2.20. The molecule has 30 heavy (non-hydrogen) atoms. The quantitative estimate of drug-likeness (QED) is 0.433. The van der Waals surface area contributed by atoms with Crippen LogP contribution in [0.1, 0.15) is 12.1 Å². The van der Waals surface area contributed by atoms with Crippen molar-refractivity contribution in [1.82, 2.24) is 40.4 Å². The predicted molar refractivity (Wildman–Crippen MR) is 115 cm³/mol. The summed E-state index contributed by atoms with van der Waals surface area (Å²) in [6, 6.07) is 6.01. The van der Waals surface area contributed by atoms with E-state index in [1.54, 1.807) is 12.4 Å². The number of aromatic amines is 2. The molecule has 0 unspecified atom stereocenters. The van der Waals surface area contributed by atoms with Crippen LogP contribution >= 0.6 is 0 Å².